The summed E-state index contributed by atoms with van der Waals surface area (Å²) in [6, 6.07) is 0. The van der Waals surface area contributed by atoms with Crippen molar-refractivity contribution in [3.8, 4) is 0 Å². The van der Waals surface area contributed by atoms with Crippen LogP contribution in [-0.2, 0) is 4.79 Å². The Morgan fingerprint density at radius 1 is 1.31 bits per heavy atom. The van der Waals surface area contributed by atoms with E-state index >= 15 is 0 Å². The third-order valence-corrected chi connectivity index (χ3v) is 4.39. The van der Waals surface area contributed by atoms with Crippen molar-refractivity contribution < 1.29 is 4.79 Å². The molecule has 0 spiro atoms. The van der Waals surface area contributed by atoms with Crippen LogP contribution >= 0.6 is 0 Å². The second-order valence-electron chi connectivity index (χ2n) is 5.57. The summed E-state index contributed by atoms with van der Waals surface area (Å²) in [4.78, 5) is 10.7. The van der Waals surface area contributed by atoms with Gasteiger partial charge in [0, 0.05) is 0 Å². The van der Waals surface area contributed by atoms with Gasteiger partial charge in [-0.25, -0.2) is 0 Å². The molecule has 88 valence electrons. The molecule has 2 rings (SSSR count). The van der Waals surface area contributed by atoms with E-state index in [2.05, 4.69) is 19.9 Å². The molecule has 3 atom stereocenters. The molecule has 0 unspecified atom stereocenters. The summed E-state index contributed by atoms with van der Waals surface area (Å²) in [6.45, 7) is 6.59. The predicted octanol–water partition coefficient (Wildman–Crippen LogP) is 3.90. The van der Waals surface area contributed by atoms with Gasteiger partial charge in [0.25, 0.3) is 0 Å². The first-order valence-corrected chi connectivity index (χ1v) is 6.46. The molecule has 1 heteroatoms. The van der Waals surface area contributed by atoms with E-state index in [4.69, 9.17) is 0 Å². The Hall–Kier alpha value is -0.850. The highest BCUT2D eigenvalue weighted by atomic mass is 16.1. The van der Waals surface area contributed by atoms with Crippen LogP contribution in [0.15, 0.2) is 22.8 Å². The second-order valence-corrected chi connectivity index (χ2v) is 5.57. The van der Waals surface area contributed by atoms with Gasteiger partial charge in [0.2, 0.25) is 0 Å². The van der Waals surface area contributed by atoms with Gasteiger partial charge in [-0.05, 0) is 62.9 Å². The normalized spacial score (nSPS) is 35.2. The fourth-order valence-electron chi connectivity index (χ4n) is 3.50. The minimum Gasteiger partial charge on any atom is -0.298 e. The Bertz CT molecular complexity index is 348. The average molecular weight is 218 g/mol. The summed E-state index contributed by atoms with van der Waals surface area (Å²) in [5, 5.41) is 0. The van der Waals surface area contributed by atoms with E-state index < -0.39 is 0 Å². The van der Waals surface area contributed by atoms with Crippen LogP contribution in [-0.4, -0.2) is 6.29 Å². The largest absolute Gasteiger partial charge is 0.298 e. The fourth-order valence-corrected chi connectivity index (χ4v) is 3.50. The SMILES string of the molecule is CC(C=O)=C[C@@H]1CC[C@@H](C)[C@H]2CCC(C)=C12. The van der Waals surface area contributed by atoms with Gasteiger partial charge in [-0.15, -0.1) is 0 Å². The van der Waals surface area contributed by atoms with Crippen molar-refractivity contribution in [2.24, 2.45) is 17.8 Å². The summed E-state index contributed by atoms with van der Waals surface area (Å²) < 4.78 is 0. The molecule has 2 aliphatic carbocycles. The molecule has 1 fully saturated rings. The molecule has 0 heterocycles. The molecular weight excluding hydrogens is 196 g/mol. The maximum Gasteiger partial charge on any atom is 0.145 e. The molecule has 2 aliphatic rings. The van der Waals surface area contributed by atoms with Crippen molar-refractivity contribution in [2.75, 3.05) is 0 Å². The number of carbonyl (C=O) groups excluding carboxylic acids is 1. The minimum absolute atomic E-state index is 0.550. The summed E-state index contributed by atoms with van der Waals surface area (Å²) in [7, 11) is 0. The molecule has 0 aliphatic heterocycles. The number of fused-ring (bicyclic) bond motifs is 1. The van der Waals surface area contributed by atoms with Crippen molar-refractivity contribution in [1.29, 1.82) is 0 Å². The van der Waals surface area contributed by atoms with Crippen molar-refractivity contribution in [3.05, 3.63) is 22.8 Å². The highest BCUT2D eigenvalue weighted by molar-refractivity contribution is 5.72. The zero-order valence-corrected chi connectivity index (χ0v) is 10.6. The van der Waals surface area contributed by atoms with Crippen LogP contribution in [0.1, 0.15) is 46.5 Å². The van der Waals surface area contributed by atoms with E-state index in [1.165, 1.54) is 25.7 Å². The monoisotopic (exact) mass is 218 g/mol. The molecule has 1 nitrogen and oxygen atoms in total. The molecule has 1 saturated carbocycles. The minimum atomic E-state index is 0.550. The Morgan fingerprint density at radius 2 is 2.06 bits per heavy atom. The van der Waals surface area contributed by atoms with E-state index in [-0.39, 0.29) is 0 Å². The van der Waals surface area contributed by atoms with Crippen LogP contribution < -0.4 is 0 Å². The Labute approximate surface area is 98.6 Å². The van der Waals surface area contributed by atoms with Crippen LogP contribution in [0.4, 0.5) is 0 Å². The maximum atomic E-state index is 10.7. The van der Waals surface area contributed by atoms with E-state index in [1.807, 2.05) is 6.92 Å². The topological polar surface area (TPSA) is 17.1 Å². The second kappa shape index (κ2) is 4.57. The van der Waals surface area contributed by atoms with Gasteiger partial charge in [0.05, 0.1) is 0 Å². The third kappa shape index (κ3) is 2.00. The molecule has 0 amide bonds. The summed E-state index contributed by atoms with van der Waals surface area (Å²) in [5.41, 5.74) is 4.15. The summed E-state index contributed by atoms with van der Waals surface area (Å²) in [6.07, 6.45) is 8.33. The van der Waals surface area contributed by atoms with E-state index in [9.17, 15) is 4.79 Å². The van der Waals surface area contributed by atoms with Gasteiger partial charge in [0.15, 0.2) is 0 Å². The quantitative estimate of drug-likeness (QED) is 0.390. The summed E-state index contributed by atoms with van der Waals surface area (Å²) >= 11 is 0. The van der Waals surface area contributed by atoms with Gasteiger partial charge in [-0.2, -0.15) is 0 Å². The standard InChI is InChI=1S/C15H22O/c1-10(9-16)8-13-6-4-11(2)14-7-5-12(3)15(13)14/h8-9,11,13-14H,4-7H2,1-3H3/t11-,13+,14-/m1/s1. The Morgan fingerprint density at radius 3 is 2.75 bits per heavy atom. The summed E-state index contributed by atoms with van der Waals surface area (Å²) in [5.74, 6) is 2.19. The average Bonchev–Trinajstić information content (AvgIpc) is 2.66. The highest BCUT2D eigenvalue weighted by Gasteiger charge is 2.35. The molecule has 0 saturated heterocycles. The number of carbonyl (C=O) groups is 1. The molecule has 16 heavy (non-hydrogen) atoms. The number of rotatable bonds is 2. The van der Waals surface area contributed by atoms with Crippen LogP contribution in [0.2, 0.25) is 0 Å². The lowest BCUT2D eigenvalue weighted by molar-refractivity contribution is -0.104. The van der Waals surface area contributed by atoms with Gasteiger partial charge in [0.1, 0.15) is 6.29 Å². The molecular formula is C15H22O. The number of aldehydes is 1. The highest BCUT2D eigenvalue weighted by Crippen LogP contribution is 2.48. The van der Waals surface area contributed by atoms with E-state index in [1.54, 1.807) is 11.1 Å². The third-order valence-electron chi connectivity index (χ3n) is 4.39. The number of hydrogen-bond donors (Lipinski definition) is 0. The molecule has 0 aromatic carbocycles. The van der Waals surface area contributed by atoms with Crippen LogP contribution in [0.5, 0.6) is 0 Å². The van der Waals surface area contributed by atoms with Crippen LogP contribution in [0.3, 0.4) is 0 Å². The first-order valence-electron chi connectivity index (χ1n) is 6.46. The van der Waals surface area contributed by atoms with Crippen molar-refractivity contribution in [2.45, 2.75) is 46.5 Å². The van der Waals surface area contributed by atoms with Gasteiger partial charge in [-0.1, -0.05) is 24.1 Å². The lowest BCUT2D eigenvalue weighted by Gasteiger charge is -2.34. The van der Waals surface area contributed by atoms with Crippen molar-refractivity contribution >= 4 is 6.29 Å². The van der Waals surface area contributed by atoms with E-state index in [0.717, 1.165) is 23.7 Å². The smallest absolute Gasteiger partial charge is 0.145 e. The van der Waals surface area contributed by atoms with E-state index in [0.29, 0.717) is 5.92 Å². The van der Waals surface area contributed by atoms with Gasteiger partial charge < -0.3 is 0 Å². The zero-order valence-electron chi connectivity index (χ0n) is 10.6. The predicted molar refractivity (Wildman–Crippen MR) is 67.1 cm³/mol. The first kappa shape index (κ1) is 11.6. The first-order chi connectivity index (χ1) is 7.63. The van der Waals surface area contributed by atoms with Gasteiger partial charge >= 0.3 is 0 Å². The number of hydrogen-bond acceptors (Lipinski definition) is 1. The van der Waals surface area contributed by atoms with Crippen LogP contribution in [0, 0.1) is 17.8 Å². The lowest BCUT2D eigenvalue weighted by atomic mass is 9.71. The molecule has 0 bridgehead atoms. The Kier molecular flexibility index (Phi) is 3.32. The lowest BCUT2D eigenvalue weighted by Crippen LogP contribution is -2.23. The molecule has 0 N–H and O–H groups in total. The Balaban J connectivity index is 2.27. The van der Waals surface area contributed by atoms with Crippen LogP contribution in [0.25, 0.3) is 0 Å². The molecule has 0 aromatic rings. The van der Waals surface area contributed by atoms with Gasteiger partial charge in [-0.3, -0.25) is 4.79 Å². The molecule has 0 aromatic heterocycles. The zero-order chi connectivity index (χ0) is 11.7. The fraction of sp³-hybridized carbons (Fsp3) is 0.667. The number of allylic oxidation sites excluding steroid dienone is 4. The van der Waals surface area contributed by atoms with Crippen molar-refractivity contribution in [3.63, 3.8) is 0 Å². The van der Waals surface area contributed by atoms with Crippen molar-refractivity contribution in [1.82, 2.24) is 0 Å². The maximum absolute atomic E-state index is 10.7. The molecule has 0 radical (unpaired) electrons.